The predicted octanol–water partition coefficient (Wildman–Crippen LogP) is 3.96. The summed E-state index contributed by atoms with van der Waals surface area (Å²) in [5.41, 5.74) is -2.28. The second kappa shape index (κ2) is 17.1. The molecule has 2 aliphatic rings. The van der Waals surface area contributed by atoms with E-state index in [1.807, 2.05) is 39.8 Å². The minimum Gasteiger partial charge on any atom is -0.459 e. The van der Waals surface area contributed by atoms with Gasteiger partial charge in [0.25, 0.3) is 0 Å². The molecule has 0 aliphatic carbocycles. The maximum Gasteiger partial charge on any atom is 0.316 e. The number of ketones is 1. The Balaban J connectivity index is 2.57. The van der Waals surface area contributed by atoms with Crippen molar-refractivity contribution in [3.63, 3.8) is 0 Å². The summed E-state index contributed by atoms with van der Waals surface area (Å²) in [4.78, 5) is 29.5. The Morgan fingerprint density at radius 1 is 1.13 bits per heavy atom. The van der Waals surface area contributed by atoms with Crippen molar-refractivity contribution < 1.29 is 38.7 Å². The summed E-state index contributed by atoms with van der Waals surface area (Å²) < 4.78 is 24.9. The van der Waals surface area contributed by atoms with Crippen molar-refractivity contribution in [3.8, 4) is 0 Å². The molecule has 3 N–H and O–H groups in total. The lowest BCUT2D eigenvalue weighted by atomic mass is 9.70. The molecule has 2 aliphatic heterocycles. The van der Waals surface area contributed by atoms with Gasteiger partial charge in [-0.05, 0) is 98.2 Å². The number of methoxy groups -OCH3 is 1. The Kier molecular flexibility index (Phi) is 15.1. The van der Waals surface area contributed by atoms with E-state index in [0.29, 0.717) is 38.8 Å². The molecular formula is C35H64N2O8. The molecule has 0 aromatic heterocycles. The molecule has 2 heterocycles. The van der Waals surface area contributed by atoms with Crippen LogP contribution in [0.1, 0.15) is 87.5 Å². The van der Waals surface area contributed by atoms with Gasteiger partial charge in [0.05, 0.1) is 17.8 Å². The number of likely N-dealkylation sites (N-methyl/N-ethyl adjacent to an activating group) is 1. The lowest BCUT2D eigenvalue weighted by molar-refractivity contribution is -0.295. The second-order valence-corrected chi connectivity index (χ2v) is 14.5. The summed E-state index contributed by atoms with van der Waals surface area (Å²) >= 11 is 0. The fourth-order valence-corrected chi connectivity index (χ4v) is 7.85. The van der Waals surface area contributed by atoms with Crippen molar-refractivity contribution in [2.24, 2.45) is 29.6 Å². The quantitative estimate of drug-likeness (QED) is 0.140. The molecule has 0 saturated carbocycles. The average molecular weight is 641 g/mol. The molecule has 2 saturated heterocycles. The highest BCUT2D eigenvalue weighted by Crippen LogP contribution is 2.41. The van der Waals surface area contributed by atoms with E-state index in [2.05, 4.69) is 25.7 Å². The smallest absolute Gasteiger partial charge is 0.316 e. The number of carbonyl (C=O) groups is 2. The van der Waals surface area contributed by atoms with Crippen LogP contribution in [0.3, 0.4) is 0 Å². The van der Waals surface area contributed by atoms with Gasteiger partial charge in [0, 0.05) is 25.6 Å². The van der Waals surface area contributed by atoms with Gasteiger partial charge >= 0.3 is 5.97 Å². The van der Waals surface area contributed by atoms with Crippen molar-refractivity contribution in [1.29, 1.82) is 0 Å². The van der Waals surface area contributed by atoms with Crippen molar-refractivity contribution in [1.82, 2.24) is 10.2 Å². The Morgan fingerprint density at radius 2 is 1.78 bits per heavy atom. The number of esters is 1. The molecule has 2 unspecified atom stereocenters. The van der Waals surface area contributed by atoms with Gasteiger partial charge in [-0.3, -0.25) is 9.59 Å². The van der Waals surface area contributed by atoms with Crippen LogP contribution in [0.2, 0.25) is 0 Å². The first kappa shape index (κ1) is 39.8. The highest BCUT2D eigenvalue weighted by molar-refractivity contribution is 6.00. The van der Waals surface area contributed by atoms with Crippen LogP contribution in [-0.2, 0) is 28.5 Å². The van der Waals surface area contributed by atoms with Crippen molar-refractivity contribution in [2.45, 2.75) is 135 Å². The van der Waals surface area contributed by atoms with Gasteiger partial charge in [-0.1, -0.05) is 33.8 Å². The normalized spacial score (nSPS) is 42.7. The fourth-order valence-electron chi connectivity index (χ4n) is 7.85. The maximum atomic E-state index is 14.0. The van der Waals surface area contributed by atoms with Crippen molar-refractivity contribution in [3.05, 3.63) is 12.7 Å². The molecule has 2 rings (SSSR count). The molecule has 45 heavy (non-hydrogen) atoms. The third-order valence-corrected chi connectivity index (χ3v) is 10.5. The van der Waals surface area contributed by atoms with Gasteiger partial charge < -0.3 is 39.4 Å². The number of hydrogen-bond acceptors (Lipinski definition) is 10. The van der Waals surface area contributed by atoms with Gasteiger partial charge in [0.2, 0.25) is 0 Å². The monoisotopic (exact) mass is 640 g/mol. The molecule has 0 amide bonds. The van der Waals surface area contributed by atoms with Crippen LogP contribution >= 0.6 is 0 Å². The largest absolute Gasteiger partial charge is 0.459 e. The molecule has 0 radical (unpaired) electrons. The molecular weight excluding hydrogens is 576 g/mol. The van der Waals surface area contributed by atoms with Crippen molar-refractivity contribution in [2.75, 3.05) is 34.3 Å². The van der Waals surface area contributed by atoms with Crippen LogP contribution < -0.4 is 5.32 Å². The summed E-state index contributed by atoms with van der Waals surface area (Å²) in [7, 11) is 5.43. The summed E-state index contributed by atoms with van der Waals surface area (Å²) in [5.74, 6) is -2.93. The first-order chi connectivity index (χ1) is 20.9. The van der Waals surface area contributed by atoms with Crippen LogP contribution in [-0.4, -0.2) is 109 Å². The van der Waals surface area contributed by atoms with Crippen LogP contribution in [0.4, 0.5) is 0 Å². The van der Waals surface area contributed by atoms with Crippen LogP contribution in [0.25, 0.3) is 0 Å². The number of aliphatic hydroxyl groups is 2. The number of aliphatic hydroxyl groups excluding tert-OH is 1. The molecule has 0 aromatic rings. The van der Waals surface area contributed by atoms with E-state index in [4.69, 9.17) is 18.9 Å². The van der Waals surface area contributed by atoms with E-state index in [-0.39, 0.29) is 35.7 Å². The highest BCUT2D eigenvalue weighted by Gasteiger charge is 2.50. The predicted molar refractivity (Wildman–Crippen MR) is 176 cm³/mol. The van der Waals surface area contributed by atoms with Crippen LogP contribution in [0, 0.1) is 29.6 Å². The molecule has 13 atom stereocenters. The van der Waals surface area contributed by atoms with E-state index in [0.717, 1.165) is 6.42 Å². The molecule has 0 aromatic carbocycles. The SMILES string of the molecule is C=CCNCC[C@@H]1C(C)C[C@H](C)C[C@@](C)(OC)[C@H](O[C@@H]2O[C@H](C)C[C@H](N(C)C)[C@H]2O)[C@@H](C)C(=O)C(C)C(=O)O[C@H](CC)[C@@]1(C)O. The third-order valence-electron chi connectivity index (χ3n) is 10.5. The summed E-state index contributed by atoms with van der Waals surface area (Å²) in [6.45, 7) is 20.2. The third kappa shape index (κ3) is 9.81. The van der Waals surface area contributed by atoms with E-state index < -0.39 is 53.6 Å². The number of Topliss-reactive ketones (excluding diaryl/α,β-unsaturated/α-hetero) is 1. The number of nitrogens with one attached hydrogen (secondary N) is 1. The minimum atomic E-state index is -1.32. The van der Waals surface area contributed by atoms with Crippen molar-refractivity contribution >= 4 is 11.8 Å². The minimum absolute atomic E-state index is 0.0679. The zero-order valence-corrected chi connectivity index (χ0v) is 29.9. The summed E-state index contributed by atoms with van der Waals surface area (Å²) in [6, 6.07) is -0.192. The zero-order valence-electron chi connectivity index (χ0n) is 29.9. The summed E-state index contributed by atoms with van der Waals surface area (Å²) in [5, 5.41) is 26.7. The Bertz CT molecular complexity index is 960. The van der Waals surface area contributed by atoms with E-state index >= 15 is 0 Å². The fraction of sp³-hybridized carbons (Fsp3) is 0.886. The first-order valence-electron chi connectivity index (χ1n) is 16.9. The van der Waals surface area contributed by atoms with Crippen LogP contribution in [0.15, 0.2) is 12.7 Å². The molecule has 0 spiro atoms. The Labute approximate surface area is 272 Å². The number of hydrogen-bond donors (Lipinski definition) is 3. The van der Waals surface area contributed by atoms with Gasteiger partial charge in [-0.15, -0.1) is 6.58 Å². The molecule has 10 heteroatoms. The van der Waals surface area contributed by atoms with E-state index in [1.165, 1.54) is 0 Å². The number of cyclic esters (lactones) is 1. The Morgan fingerprint density at radius 3 is 2.33 bits per heavy atom. The second-order valence-electron chi connectivity index (χ2n) is 14.5. The standard InChI is InChI=1S/C35H64N2O8/c1-13-16-36-17-15-26-22(4)18-21(3)20-34(8,42-12)31(45-33-30(39)27(37(10)11)19-23(5)43-33)24(6)29(38)25(7)32(40)44-28(14-2)35(26,9)41/h13,21-28,30-31,33,36,39,41H,1,14-20H2,2-12H3/t21-,22?,23+,24-,25?,26+,27-,28+,30+,31+,33-,34+,35-/m0/s1. The lowest BCUT2D eigenvalue weighted by Crippen LogP contribution is -2.59. The Hall–Kier alpha value is -1.40. The van der Waals surface area contributed by atoms with E-state index in [1.54, 1.807) is 34.0 Å². The van der Waals surface area contributed by atoms with Crippen LogP contribution in [0.5, 0.6) is 0 Å². The number of nitrogens with zero attached hydrogens (tertiary/aromatic N) is 1. The molecule has 262 valence electrons. The molecule has 0 bridgehead atoms. The first-order valence-corrected chi connectivity index (χ1v) is 16.9. The average Bonchev–Trinajstić information content (AvgIpc) is 2.97. The number of carbonyl (C=O) groups excluding carboxylic acids is 2. The van der Waals surface area contributed by atoms with E-state index in [9.17, 15) is 19.8 Å². The van der Waals surface area contributed by atoms with Gasteiger partial charge in [-0.2, -0.15) is 0 Å². The zero-order chi connectivity index (χ0) is 34.3. The highest BCUT2D eigenvalue weighted by atomic mass is 16.7. The van der Waals surface area contributed by atoms with Gasteiger partial charge in [0.1, 0.15) is 23.7 Å². The van der Waals surface area contributed by atoms with Gasteiger partial charge in [-0.25, -0.2) is 0 Å². The molecule has 2 fully saturated rings. The number of ether oxygens (including phenoxy) is 4. The molecule has 10 nitrogen and oxygen atoms in total. The summed E-state index contributed by atoms with van der Waals surface area (Å²) in [6.07, 6.45) is 1.10. The van der Waals surface area contributed by atoms with Gasteiger partial charge in [0.15, 0.2) is 12.1 Å². The topological polar surface area (TPSA) is 127 Å². The lowest BCUT2D eigenvalue weighted by Gasteiger charge is -2.47. The maximum absolute atomic E-state index is 14.0. The number of rotatable bonds is 10.